The van der Waals surface area contributed by atoms with Crippen molar-refractivity contribution < 1.29 is 22.4 Å². The summed E-state index contributed by atoms with van der Waals surface area (Å²) in [6.07, 6.45) is 1.44. The van der Waals surface area contributed by atoms with E-state index in [9.17, 15) is 13.2 Å². The van der Waals surface area contributed by atoms with E-state index in [1.165, 1.54) is 16.6 Å². The summed E-state index contributed by atoms with van der Waals surface area (Å²) in [5, 5.41) is 2.69. The molecule has 0 radical (unpaired) electrons. The maximum atomic E-state index is 12.9. The van der Waals surface area contributed by atoms with Crippen molar-refractivity contribution in [2.45, 2.75) is 18.7 Å². The lowest BCUT2D eigenvalue weighted by Gasteiger charge is -2.26. The summed E-state index contributed by atoms with van der Waals surface area (Å²) >= 11 is 0. The topological polar surface area (TPSA) is 88.8 Å². The lowest BCUT2D eigenvalue weighted by molar-refractivity contribution is 0.0730. The van der Waals surface area contributed by atoms with Crippen LogP contribution >= 0.6 is 0 Å². The van der Waals surface area contributed by atoms with E-state index in [0.717, 1.165) is 0 Å². The van der Waals surface area contributed by atoms with E-state index in [4.69, 9.17) is 9.15 Å². The van der Waals surface area contributed by atoms with Crippen molar-refractivity contribution in [3.8, 4) is 0 Å². The van der Waals surface area contributed by atoms with E-state index in [1.54, 1.807) is 32.0 Å². The highest BCUT2D eigenvalue weighted by atomic mass is 32.2. The van der Waals surface area contributed by atoms with Gasteiger partial charge in [0.1, 0.15) is 0 Å². The Bertz CT molecular complexity index is 882. The Morgan fingerprint density at radius 3 is 2.48 bits per heavy atom. The molecule has 1 fully saturated rings. The van der Waals surface area contributed by atoms with Gasteiger partial charge >= 0.3 is 0 Å². The van der Waals surface area contributed by atoms with Gasteiger partial charge in [0.25, 0.3) is 5.91 Å². The quantitative estimate of drug-likeness (QED) is 0.898. The van der Waals surface area contributed by atoms with Crippen LogP contribution in [0.4, 0.5) is 5.69 Å². The third-order valence-corrected chi connectivity index (χ3v) is 6.14. The molecule has 0 saturated carbocycles. The average molecular weight is 364 g/mol. The normalized spacial score (nSPS) is 15.9. The van der Waals surface area contributed by atoms with E-state index in [1.807, 2.05) is 0 Å². The molecule has 1 amide bonds. The van der Waals surface area contributed by atoms with E-state index in [-0.39, 0.29) is 10.7 Å². The number of sulfonamides is 1. The molecular formula is C17H20N2O5S. The standard InChI is InChI=1S/C17H20N2O5S/c1-12-3-4-14(18-17(20)16-13(2)5-8-24-16)11-15(12)25(21,22)19-6-9-23-10-7-19/h3-5,8,11H,6-7,9-10H2,1-2H3,(H,18,20). The summed E-state index contributed by atoms with van der Waals surface area (Å²) in [4.78, 5) is 12.4. The zero-order chi connectivity index (χ0) is 18.0. The molecule has 0 atom stereocenters. The molecule has 25 heavy (non-hydrogen) atoms. The highest BCUT2D eigenvalue weighted by Crippen LogP contribution is 2.25. The van der Waals surface area contributed by atoms with Crippen molar-refractivity contribution in [3.05, 3.63) is 47.4 Å². The number of hydrogen-bond acceptors (Lipinski definition) is 5. The van der Waals surface area contributed by atoms with Crippen molar-refractivity contribution in [1.29, 1.82) is 0 Å². The minimum absolute atomic E-state index is 0.184. The lowest BCUT2D eigenvalue weighted by atomic mass is 10.2. The number of ether oxygens (including phenoxy) is 1. The first-order valence-electron chi connectivity index (χ1n) is 7.93. The number of amides is 1. The summed E-state index contributed by atoms with van der Waals surface area (Å²) in [5.74, 6) is -0.209. The first kappa shape index (κ1) is 17.7. The fourth-order valence-electron chi connectivity index (χ4n) is 2.68. The first-order chi connectivity index (χ1) is 11.9. The van der Waals surface area contributed by atoms with Crippen LogP contribution in [0.3, 0.4) is 0 Å². The van der Waals surface area contributed by atoms with E-state index in [2.05, 4.69) is 5.32 Å². The zero-order valence-electron chi connectivity index (χ0n) is 14.1. The predicted molar refractivity (Wildman–Crippen MR) is 92.2 cm³/mol. The molecule has 0 aliphatic carbocycles. The molecule has 1 aromatic heterocycles. The second-order valence-corrected chi connectivity index (χ2v) is 7.79. The van der Waals surface area contributed by atoms with Crippen molar-refractivity contribution >= 4 is 21.6 Å². The number of hydrogen-bond donors (Lipinski definition) is 1. The molecule has 1 aliphatic rings. The van der Waals surface area contributed by atoms with Crippen molar-refractivity contribution in [3.63, 3.8) is 0 Å². The molecule has 3 rings (SSSR count). The van der Waals surface area contributed by atoms with Gasteiger partial charge in [-0.1, -0.05) is 6.07 Å². The second-order valence-electron chi connectivity index (χ2n) is 5.88. The van der Waals surface area contributed by atoms with Crippen molar-refractivity contribution in [2.24, 2.45) is 0 Å². The van der Waals surface area contributed by atoms with Gasteiger partial charge in [-0.3, -0.25) is 4.79 Å². The molecule has 134 valence electrons. The molecular weight excluding hydrogens is 344 g/mol. The van der Waals surface area contributed by atoms with Crippen LogP contribution in [-0.2, 0) is 14.8 Å². The fraction of sp³-hybridized carbons (Fsp3) is 0.353. The number of carbonyl (C=O) groups is 1. The molecule has 0 bridgehead atoms. The van der Waals surface area contributed by atoms with Gasteiger partial charge in [-0.2, -0.15) is 4.31 Å². The fourth-order valence-corrected chi connectivity index (χ4v) is 4.33. The van der Waals surface area contributed by atoms with Gasteiger partial charge in [-0.25, -0.2) is 8.42 Å². The number of benzene rings is 1. The minimum atomic E-state index is -3.63. The first-order valence-corrected chi connectivity index (χ1v) is 9.37. The average Bonchev–Trinajstić information content (AvgIpc) is 3.03. The molecule has 1 saturated heterocycles. The summed E-state index contributed by atoms with van der Waals surface area (Å²) in [7, 11) is -3.63. The van der Waals surface area contributed by atoms with Gasteiger partial charge in [0.15, 0.2) is 5.76 Å². The van der Waals surface area contributed by atoms with Gasteiger partial charge in [-0.15, -0.1) is 0 Å². The van der Waals surface area contributed by atoms with Gasteiger partial charge in [0.2, 0.25) is 10.0 Å². The van der Waals surface area contributed by atoms with Gasteiger partial charge in [0.05, 0.1) is 24.4 Å². The van der Waals surface area contributed by atoms with E-state index < -0.39 is 15.9 Å². The number of carbonyl (C=O) groups excluding carboxylic acids is 1. The molecule has 1 N–H and O–H groups in total. The van der Waals surface area contributed by atoms with Gasteiger partial charge in [-0.05, 0) is 37.6 Å². The number of nitrogens with zero attached hydrogens (tertiary/aromatic N) is 1. The Kier molecular flexibility index (Phi) is 4.94. The van der Waals surface area contributed by atoms with E-state index >= 15 is 0 Å². The van der Waals surface area contributed by atoms with Crippen LogP contribution in [0.2, 0.25) is 0 Å². The highest BCUT2D eigenvalue weighted by Gasteiger charge is 2.28. The molecule has 0 spiro atoms. The largest absolute Gasteiger partial charge is 0.459 e. The molecule has 2 heterocycles. The van der Waals surface area contributed by atoms with Gasteiger partial charge < -0.3 is 14.5 Å². The summed E-state index contributed by atoms with van der Waals surface area (Å²) < 4.78 is 37.5. The third kappa shape index (κ3) is 3.60. The number of morpholine rings is 1. The SMILES string of the molecule is Cc1ccc(NC(=O)c2occc2C)cc1S(=O)(=O)N1CCOCC1. The zero-order valence-corrected chi connectivity index (χ0v) is 14.9. The number of aryl methyl sites for hydroxylation is 2. The number of nitrogens with one attached hydrogen (secondary N) is 1. The van der Waals surface area contributed by atoms with Crippen LogP contribution in [0, 0.1) is 13.8 Å². The van der Waals surface area contributed by atoms with Gasteiger partial charge in [0, 0.05) is 24.3 Å². The molecule has 2 aromatic rings. The second kappa shape index (κ2) is 6.99. The Hall–Kier alpha value is -2.16. The summed E-state index contributed by atoms with van der Waals surface area (Å²) in [6.45, 7) is 4.91. The molecule has 0 unspecified atom stereocenters. The van der Waals surface area contributed by atoms with Crippen LogP contribution in [0.1, 0.15) is 21.7 Å². The molecule has 7 nitrogen and oxygen atoms in total. The van der Waals surface area contributed by atoms with Crippen LogP contribution in [0.25, 0.3) is 0 Å². The Balaban J connectivity index is 1.88. The van der Waals surface area contributed by atoms with Crippen LogP contribution in [0.5, 0.6) is 0 Å². The number of rotatable bonds is 4. The summed E-state index contributed by atoms with van der Waals surface area (Å²) in [5.41, 5.74) is 1.74. The highest BCUT2D eigenvalue weighted by molar-refractivity contribution is 7.89. The number of furan rings is 1. The monoisotopic (exact) mass is 364 g/mol. The van der Waals surface area contributed by atoms with Crippen LogP contribution in [-0.4, -0.2) is 44.9 Å². The molecule has 1 aliphatic heterocycles. The lowest BCUT2D eigenvalue weighted by Crippen LogP contribution is -2.40. The maximum Gasteiger partial charge on any atom is 0.291 e. The minimum Gasteiger partial charge on any atom is -0.459 e. The van der Waals surface area contributed by atoms with Crippen LogP contribution in [0.15, 0.2) is 39.8 Å². The third-order valence-electron chi connectivity index (χ3n) is 4.10. The molecule has 1 aromatic carbocycles. The Labute approximate surface area is 146 Å². The molecule has 8 heteroatoms. The Morgan fingerprint density at radius 1 is 1.12 bits per heavy atom. The summed E-state index contributed by atoms with van der Waals surface area (Å²) in [6, 6.07) is 6.52. The Morgan fingerprint density at radius 2 is 1.84 bits per heavy atom. The van der Waals surface area contributed by atoms with Crippen molar-refractivity contribution in [2.75, 3.05) is 31.6 Å². The van der Waals surface area contributed by atoms with Crippen LogP contribution < -0.4 is 5.32 Å². The maximum absolute atomic E-state index is 12.9. The predicted octanol–water partition coefficient (Wildman–Crippen LogP) is 2.17. The van der Waals surface area contributed by atoms with Crippen molar-refractivity contribution in [1.82, 2.24) is 4.31 Å². The smallest absolute Gasteiger partial charge is 0.291 e. The number of anilines is 1. The van der Waals surface area contributed by atoms with E-state index in [0.29, 0.717) is 43.1 Å².